The Hall–Kier alpha value is -1.09. The Kier molecular flexibility index (Phi) is 3.97. The van der Waals surface area contributed by atoms with Crippen molar-refractivity contribution in [3.8, 4) is 0 Å². The summed E-state index contributed by atoms with van der Waals surface area (Å²) < 4.78 is 0. The van der Waals surface area contributed by atoms with E-state index in [0.29, 0.717) is 11.5 Å². The Morgan fingerprint density at radius 3 is 2.55 bits per heavy atom. The highest BCUT2D eigenvalue weighted by atomic mass is 15.2. The van der Waals surface area contributed by atoms with E-state index in [1.807, 2.05) is 13.2 Å². The largest absolute Gasteiger partial charge is 0.356 e. The highest BCUT2D eigenvalue weighted by Crippen LogP contribution is 2.46. The van der Waals surface area contributed by atoms with Gasteiger partial charge in [-0.1, -0.05) is 18.9 Å². The molecule has 0 radical (unpaired) electrons. The topological polar surface area (TPSA) is 28.2 Å². The first-order chi connectivity index (χ1) is 9.74. The van der Waals surface area contributed by atoms with Gasteiger partial charge in [-0.25, -0.2) is 4.98 Å². The molecule has 0 amide bonds. The summed E-state index contributed by atoms with van der Waals surface area (Å²) in [4.78, 5) is 7.18. The minimum absolute atomic E-state index is 0.362. The normalized spacial score (nSPS) is 23.2. The zero-order valence-corrected chi connectivity index (χ0v) is 12.9. The molecule has 1 N–H and O–H groups in total. The van der Waals surface area contributed by atoms with Crippen molar-refractivity contribution in [3.63, 3.8) is 0 Å². The molecular formula is C17H27N3. The summed E-state index contributed by atoms with van der Waals surface area (Å²) in [6, 6.07) is 4.62. The van der Waals surface area contributed by atoms with E-state index >= 15 is 0 Å². The number of anilines is 1. The van der Waals surface area contributed by atoms with E-state index in [-0.39, 0.29) is 0 Å². The number of hydrogen-bond donors (Lipinski definition) is 1. The molecule has 0 aromatic carbocycles. The maximum atomic E-state index is 4.67. The van der Waals surface area contributed by atoms with Gasteiger partial charge in [0, 0.05) is 30.9 Å². The second-order valence-corrected chi connectivity index (χ2v) is 6.62. The van der Waals surface area contributed by atoms with Crippen molar-refractivity contribution in [2.45, 2.75) is 51.5 Å². The smallest absolute Gasteiger partial charge is 0.133 e. The molecule has 1 aromatic rings. The fraction of sp³-hybridized carbons (Fsp3) is 0.706. The summed E-state index contributed by atoms with van der Waals surface area (Å²) in [5.41, 5.74) is 2.01. The van der Waals surface area contributed by atoms with Crippen LogP contribution in [0.5, 0.6) is 0 Å². The van der Waals surface area contributed by atoms with E-state index in [9.17, 15) is 0 Å². The third-order valence-electron chi connectivity index (χ3n) is 5.50. The third-order valence-corrected chi connectivity index (χ3v) is 5.50. The summed E-state index contributed by atoms with van der Waals surface area (Å²) in [6.45, 7) is 4.57. The lowest BCUT2D eigenvalue weighted by atomic mass is 9.77. The summed E-state index contributed by atoms with van der Waals surface area (Å²) in [7, 11) is 2.02. The molecule has 3 rings (SSSR count). The second-order valence-electron chi connectivity index (χ2n) is 6.62. The van der Waals surface area contributed by atoms with Crippen LogP contribution in [-0.4, -0.2) is 25.1 Å². The number of rotatable bonds is 3. The molecule has 1 unspecified atom stereocenters. The van der Waals surface area contributed by atoms with Crippen molar-refractivity contribution in [3.05, 3.63) is 23.9 Å². The molecule has 1 saturated carbocycles. The van der Waals surface area contributed by atoms with Gasteiger partial charge in [0.2, 0.25) is 0 Å². The monoisotopic (exact) mass is 273 g/mol. The summed E-state index contributed by atoms with van der Waals surface area (Å²) in [5.74, 6) is 1.20. The Morgan fingerprint density at radius 1 is 1.20 bits per heavy atom. The van der Waals surface area contributed by atoms with Crippen LogP contribution >= 0.6 is 0 Å². The highest BCUT2D eigenvalue weighted by molar-refractivity contribution is 5.48. The van der Waals surface area contributed by atoms with Crippen LogP contribution < -0.4 is 10.2 Å². The van der Waals surface area contributed by atoms with Crippen molar-refractivity contribution in [1.29, 1.82) is 0 Å². The van der Waals surface area contributed by atoms with Crippen molar-refractivity contribution in [2.75, 3.05) is 25.0 Å². The number of pyridine rings is 1. The minimum atomic E-state index is 0.362. The number of nitrogens with one attached hydrogen (secondary N) is 1. The molecule has 1 aromatic heterocycles. The standard InChI is InChI=1S/C17H27N3/c1-14(18-2)15-6-5-11-19-16(15)20-12-9-17(10-13-20)7-3-4-8-17/h5-6,11,14,18H,3-4,7-10,12-13H2,1-2H3. The maximum Gasteiger partial charge on any atom is 0.133 e. The molecule has 20 heavy (non-hydrogen) atoms. The van der Waals surface area contributed by atoms with Crippen molar-refractivity contribution < 1.29 is 0 Å². The molecular weight excluding hydrogens is 246 g/mol. The molecule has 1 aliphatic carbocycles. The molecule has 2 fully saturated rings. The molecule has 1 spiro atoms. The molecule has 1 saturated heterocycles. The van der Waals surface area contributed by atoms with Crippen molar-refractivity contribution in [1.82, 2.24) is 10.3 Å². The first kappa shape index (κ1) is 13.9. The Balaban J connectivity index is 1.74. The third kappa shape index (κ3) is 2.56. The van der Waals surface area contributed by atoms with Crippen LogP contribution in [0.15, 0.2) is 18.3 Å². The number of nitrogens with zero attached hydrogens (tertiary/aromatic N) is 2. The SMILES string of the molecule is CNC(C)c1cccnc1N1CCC2(CCCC2)CC1. The van der Waals surface area contributed by atoms with Gasteiger partial charge in [-0.3, -0.25) is 0 Å². The fourth-order valence-electron chi connectivity index (χ4n) is 3.98. The van der Waals surface area contributed by atoms with Gasteiger partial charge in [0.25, 0.3) is 0 Å². The van der Waals surface area contributed by atoms with Gasteiger partial charge in [0.15, 0.2) is 0 Å². The van der Waals surface area contributed by atoms with Crippen LogP contribution in [0.3, 0.4) is 0 Å². The average Bonchev–Trinajstić information content (AvgIpc) is 2.95. The first-order valence-corrected chi connectivity index (χ1v) is 8.11. The zero-order chi connectivity index (χ0) is 14.0. The summed E-state index contributed by atoms with van der Waals surface area (Å²) in [6.07, 6.45) is 10.5. The van der Waals surface area contributed by atoms with Gasteiger partial charge in [-0.05, 0) is 51.1 Å². The van der Waals surface area contributed by atoms with E-state index in [1.165, 1.54) is 63.0 Å². The first-order valence-electron chi connectivity index (χ1n) is 8.11. The van der Waals surface area contributed by atoms with E-state index in [0.717, 1.165) is 0 Å². The van der Waals surface area contributed by atoms with Gasteiger partial charge in [-0.2, -0.15) is 0 Å². The Labute approximate surface area is 122 Å². The van der Waals surface area contributed by atoms with E-state index in [1.54, 1.807) is 0 Å². The van der Waals surface area contributed by atoms with Crippen LogP contribution in [-0.2, 0) is 0 Å². The van der Waals surface area contributed by atoms with Gasteiger partial charge < -0.3 is 10.2 Å². The lowest BCUT2D eigenvalue weighted by molar-refractivity contribution is 0.226. The molecule has 2 aliphatic rings. The molecule has 3 nitrogen and oxygen atoms in total. The number of aromatic nitrogens is 1. The Morgan fingerprint density at radius 2 is 1.90 bits per heavy atom. The minimum Gasteiger partial charge on any atom is -0.356 e. The average molecular weight is 273 g/mol. The quantitative estimate of drug-likeness (QED) is 0.913. The van der Waals surface area contributed by atoms with E-state index < -0.39 is 0 Å². The highest BCUT2D eigenvalue weighted by Gasteiger charge is 2.37. The van der Waals surface area contributed by atoms with Gasteiger partial charge in [0.05, 0.1) is 0 Å². The van der Waals surface area contributed by atoms with Crippen LogP contribution in [0.25, 0.3) is 0 Å². The van der Waals surface area contributed by atoms with Crippen LogP contribution in [0.1, 0.15) is 57.1 Å². The summed E-state index contributed by atoms with van der Waals surface area (Å²) >= 11 is 0. The van der Waals surface area contributed by atoms with Crippen molar-refractivity contribution in [2.24, 2.45) is 5.41 Å². The second kappa shape index (κ2) is 5.72. The Bertz CT molecular complexity index is 441. The predicted octanol–water partition coefficient (Wildman–Crippen LogP) is 3.52. The lowest BCUT2D eigenvalue weighted by Crippen LogP contribution is -2.40. The van der Waals surface area contributed by atoms with E-state index in [4.69, 9.17) is 0 Å². The van der Waals surface area contributed by atoms with Crippen LogP contribution in [0, 0.1) is 5.41 Å². The number of piperidine rings is 1. The summed E-state index contributed by atoms with van der Waals surface area (Å²) in [5, 5.41) is 3.34. The molecule has 110 valence electrons. The van der Waals surface area contributed by atoms with Gasteiger partial charge >= 0.3 is 0 Å². The molecule has 0 bridgehead atoms. The van der Waals surface area contributed by atoms with Gasteiger partial charge in [0.1, 0.15) is 5.82 Å². The fourth-order valence-corrected chi connectivity index (χ4v) is 3.98. The van der Waals surface area contributed by atoms with Crippen LogP contribution in [0.4, 0.5) is 5.82 Å². The van der Waals surface area contributed by atoms with E-state index in [2.05, 4.69) is 34.3 Å². The number of hydrogen-bond acceptors (Lipinski definition) is 3. The molecule has 2 heterocycles. The van der Waals surface area contributed by atoms with Gasteiger partial charge in [-0.15, -0.1) is 0 Å². The molecule has 1 aliphatic heterocycles. The molecule has 1 atom stereocenters. The van der Waals surface area contributed by atoms with Crippen LogP contribution in [0.2, 0.25) is 0 Å². The predicted molar refractivity (Wildman–Crippen MR) is 84.1 cm³/mol. The zero-order valence-electron chi connectivity index (χ0n) is 12.9. The lowest BCUT2D eigenvalue weighted by Gasteiger charge is -2.40. The van der Waals surface area contributed by atoms with Crippen molar-refractivity contribution >= 4 is 5.82 Å². The maximum absolute atomic E-state index is 4.67. The molecule has 3 heteroatoms.